The van der Waals surface area contributed by atoms with E-state index in [9.17, 15) is 18.0 Å². The van der Waals surface area contributed by atoms with Crippen molar-refractivity contribution >= 4 is 28.6 Å². The molecule has 0 amide bonds. The number of anilines is 2. The summed E-state index contributed by atoms with van der Waals surface area (Å²) in [7, 11) is 2.98. The van der Waals surface area contributed by atoms with Gasteiger partial charge in [0, 0.05) is 30.7 Å². The number of pyridine rings is 1. The normalized spacial score (nSPS) is 11.5. The van der Waals surface area contributed by atoms with Crippen LogP contribution in [0.2, 0.25) is 0 Å². The van der Waals surface area contributed by atoms with E-state index in [4.69, 9.17) is 4.74 Å². The smallest absolute Gasteiger partial charge is 0.417 e. The molecule has 1 N–H and O–H groups in total. The molecule has 0 bridgehead atoms. The van der Waals surface area contributed by atoms with Crippen molar-refractivity contribution in [3.63, 3.8) is 0 Å². The first kappa shape index (κ1) is 20.4. The molecule has 0 fully saturated rings. The van der Waals surface area contributed by atoms with Crippen LogP contribution in [-0.2, 0) is 18.0 Å². The summed E-state index contributed by atoms with van der Waals surface area (Å²) >= 11 is 0. The fraction of sp³-hybridized carbons (Fsp3) is 0.136. The second-order valence-electron chi connectivity index (χ2n) is 6.82. The highest BCUT2D eigenvalue weighted by molar-refractivity contribution is 5.91. The number of nitrogens with one attached hydrogen (secondary N) is 1. The molecule has 2 aromatic carbocycles. The van der Waals surface area contributed by atoms with Crippen LogP contribution in [0.25, 0.3) is 22.2 Å². The molecule has 4 aromatic rings. The van der Waals surface area contributed by atoms with Crippen molar-refractivity contribution in [3.05, 3.63) is 72.1 Å². The van der Waals surface area contributed by atoms with Crippen LogP contribution >= 0.6 is 0 Å². The third-order valence-corrected chi connectivity index (χ3v) is 4.84. The number of ether oxygens (including phenoxy) is 1. The molecule has 0 spiro atoms. The maximum Gasteiger partial charge on any atom is 0.417 e. The van der Waals surface area contributed by atoms with Crippen LogP contribution < -0.4 is 5.32 Å². The quantitative estimate of drug-likeness (QED) is 0.455. The molecule has 158 valence electrons. The molecule has 0 unspecified atom stereocenters. The number of carbonyl (C=O) groups is 1. The number of aryl methyl sites for hydroxylation is 1. The Labute approximate surface area is 175 Å². The Morgan fingerprint density at radius 1 is 1.13 bits per heavy atom. The minimum absolute atomic E-state index is 0.0235. The standard InChI is InChI=1S/C22H17F3N4O2/c1-29-19-10-16(14-6-4-8-26-12-14)17(22(23,24)25)11-18(19)28-21(29)27-15-7-3-5-13(9-15)20(30)31-2/h3-12H,1-2H3,(H,27,28). The lowest BCUT2D eigenvalue weighted by Crippen LogP contribution is -2.07. The largest absolute Gasteiger partial charge is 0.465 e. The summed E-state index contributed by atoms with van der Waals surface area (Å²) in [4.78, 5) is 20.0. The Morgan fingerprint density at radius 2 is 1.94 bits per heavy atom. The molecule has 9 heteroatoms. The van der Waals surface area contributed by atoms with E-state index in [-0.39, 0.29) is 11.1 Å². The van der Waals surface area contributed by atoms with Gasteiger partial charge < -0.3 is 14.6 Å². The van der Waals surface area contributed by atoms with E-state index in [1.54, 1.807) is 48.0 Å². The summed E-state index contributed by atoms with van der Waals surface area (Å²) in [5.41, 5.74) is 1.18. The van der Waals surface area contributed by atoms with Crippen molar-refractivity contribution in [2.75, 3.05) is 12.4 Å². The van der Waals surface area contributed by atoms with Gasteiger partial charge in [-0.25, -0.2) is 9.78 Å². The number of alkyl halides is 3. The molecule has 0 saturated heterocycles. The molecule has 0 aliphatic rings. The second-order valence-corrected chi connectivity index (χ2v) is 6.82. The number of hydrogen-bond donors (Lipinski definition) is 1. The van der Waals surface area contributed by atoms with Crippen LogP contribution in [0.4, 0.5) is 24.8 Å². The summed E-state index contributed by atoms with van der Waals surface area (Å²) < 4.78 is 47.6. The minimum Gasteiger partial charge on any atom is -0.465 e. The van der Waals surface area contributed by atoms with Gasteiger partial charge in [0.25, 0.3) is 0 Å². The van der Waals surface area contributed by atoms with E-state index in [2.05, 4.69) is 15.3 Å². The summed E-state index contributed by atoms with van der Waals surface area (Å²) in [6.07, 6.45) is -1.66. The molecular weight excluding hydrogens is 409 g/mol. The first-order chi connectivity index (χ1) is 14.8. The van der Waals surface area contributed by atoms with E-state index in [1.165, 1.54) is 25.6 Å². The van der Waals surface area contributed by atoms with Crippen LogP contribution in [0.3, 0.4) is 0 Å². The van der Waals surface area contributed by atoms with Gasteiger partial charge in [0.2, 0.25) is 5.95 Å². The van der Waals surface area contributed by atoms with Crippen LogP contribution in [0.5, 0.6) is 0 Å². The van der Waals surface area contributed by atoms with Crippen molar-refractivity contribution in [1.29, 1.82) is 0 Å². The predicted octanol–water partition coefficient (Wildman–Crippen LogP) is 5.18. The molecule has 0 atom stereocenters. The number of methoxy groups -OCH3 is 1. The van der Waals surface area contributed by atoms with Crippen LogP contribution in [-0.4, -0.2) is 27.6 Å². The Bertz CT molecular complexity index is 1270. The minimum atomic E-state index is -4.56. The summed E-state index contributed by atoms with van der Waals surface area (Å²) in [5.74, 6) is -0.168. The molecule has 0 radical (unpaired) electrons. The molecule has 0 saturated carbocycles. The number of esters is 1. The molecule has 0 aliphatic heterocycles. The number of imidazole rings is 1. The highest BCUT2D eigenvalue weighted by Gasteiger charge is 2.34. The topological polar surface area (TPSA) is 69.0 Å². The number of hydrogen-bond acceptors (Lipinski definition) is 5. The van der Waals surface area contributed by atoms with Gasteiger partial charge in [-0.15, -0.1) is 0 Å². The van der Waals surface area contributed by atoms with Crippen molar-refractivity contribution < 1.29 is 22.7 Å². The molecule has 6 nitrogen and oxygen atoms in total. The highest BCUT2D eigenvalue weighted by Crippen LogP contribution is 2.39. The maximum atomic E-state index is 13.8. The molecule has 31 heavy (non-hydrogen) atoms. The van der Waals surface area contributed by atoms with Crippen molar-refractivity contribution in [2.45, 2.75) is 6.18 Å². The van der Waals surface area contributed by atoms with Gasteiger partial charge in [-0.05, 0) is 42.0 Å². The van der Waals surface area contributed by atoms with Crippen LogP contribution in [0, 0.1) is 0 Å². The Hall–Kier alpha value is -3.88. The third-order valence-electron chi connectivity index (χ3n) is 4.84. The van der Waals surface area contributed by atoms with Gasteiger partial charge in [-0.2, -0.15) is 13.2 Å². The number of aromatic nitrogens is 3. The van der Waals surface area contributed by atoms with Crippen LogP contribution in [0.15, 0.2) is 60.9 Å². The molecular formula is C22H17F3N4O2. The average molecular weight is 426 g/mol. The van der Waals surface area contributed by atoms with Gasteiger partial charge in [-0.1, -0.05) is 12.1 Å². The van der Waals surface area contributed by atoms with Crippen molar-refractivity contribution in [3.8, 4) is 11.1 Å². The maximum absolute atomic E-state index is 13.8. The first-order valence-corrected chi connectivity index (χ1v) is 9.21. The third kappa shape index (κ3) is 3.94. The lowest BCUT2D eigenvalue weighted by Gasteiger charge is -2.13. The number of carbonyl (C=O) groups excluding carboxylic acids is 1. The van der Waals surface area contributed by atoms with Crippen LogP contribution in [0.1, 0.15) is 15.9 Å². The number of fused-ring (bicyclic) bond motifs is 1. The average Bonchev–Trinajstić information content (AvgIpc) is 3.07. The van der Waals surface area contributed by atoms with Gasteiger partial charge in [0.05, 0.1) is 29.3 Å². The van der Waals surface area contributed by atoms with E-state index in [0.29, 0.717) is 28.3 Å². The Kier molecular flexibility index (Phi) is 5.10. The van der Waals surface area contributed by atoms with Gasteiger partial charge in [0.15, 0.2) is 0 Å². The zero-order chi connectivity index (χ0) is 22.2. The van der Waals surface area contributed by atoms with E-state index in [1.807, 2.05) is 0 Å². The zero-order valence-electron chi connectivity index (χ0n) is 16.6. The molecule has 2 heterocycles. The van der Waals surface area contributed by atoms with E-state index < -0.39 is 17.7 Å². The fourth-order valence-corrected chi connectivity index (χ4v) is 3.32. The fourth-order valence-electron chi connectivity index (χ4n) is 3.32. The predicted molar refractivity (Wildman–Crippen MR) is 110 cm³/mol. The van der Waals surface area contributed by atoms with Gasteiger partial charge in [-0.3, -0.25) is 4.98 Å². The molecule has 0 aliphatic carbocycles. The van der Waals surface area contributed by atoms with Gasteiger partial charge in [0.1, 0.15) is 0 Å². The summed E-state index contributed by atoms with van der Waals surface area (Å²) in [6, 6.07) is 12.2. The van der Waals surface area contributed by atoms with Crippen molar-refractivity contribution in [2.24, 2.45) is 7.05 Å². The summed E-state index contributed by atoms with van der Waals surface area (Å²) in [6.45, 7) is 0. The molecule has 4 rings (SSSR count). The number of benzene rings is 2. The monoisotopic (exact) mass is 426 g/mol. The second kappa shape index (κ2) is 7.75. The lowest BCUT2D eigenvalue weighted by molar-refractivity contribution is -0.137. The number of halogens is 3. The summed E-state index contributed by atoms with van der Waals surface area (Å²) in [5, 5.41) is 3.05. The van der Waals surface area contributed by atoms with E-state index in [0.717, 1.165) is 6.07 Å². The Morgan fingerprint density at radius 3 is 2.61 bits per heavy atom. The number of rotatable bonds is 4. The highest BCUT2D eigenvalue weighted by atomic mass is 19.4. The lowest BCUT2D eigenvalue weighted by atomic mass is 10.00. The van der Waals surface area contributed by atoms with Gasteiger partial charge >= 0.3 is 12.1 Å². The first-order valence-electron chi connectivity index (χ1n) is 9.21. The molecule has 2 aromatic heterocycles. The van der Waals surface area contributed by atoms with Crippen molar-refractivity contribution in [1.82, 2.24) is 14.5 Å². The Balaban J connectivity index is 1.81. The van der Waals surface area contributed by atoms with E-state index >= 15 is 0 Å². The number of nitrogens with zero attached hydrogens (tertiary/aromatic N) is 3. The zero-order valence-corrected chi connectivity index (χ0v) is 16.6. The SMILES string of the molecule is COC(=O)c1cccc(Nc2nc3cc(C(F)(F)F)c(-c4cccnc4)cc3n2C)c1.